The average Bonchev–Trinajstić information content (AvgIpc) is 2.74. The van der Waals surface area contributed by atoms with Crippen LogP contribution in [0.1, 0.15) is 37.4 Å². The largest absolute Gasteiger partial charge is 0.418 e. The van der Waals surface area contributed by atoms with Crippen molar-refractivity contribution in [2.45, 2.75) is 38.9 Å². The fourth-order valence-electron chi connectivity index (χ4n) is 2.51. The molecule has 0 atom stereocenters. The minimum atomic E-state index is -4.34. The van der Waals surface area contributed by atoms with Crippen molar-refractivity contribution in [3.05, 3.63) is 35.5 Å². The normalized spacial score (nSPS) is 12.6. The van der Waals surface area contributed by atoms with Gasteiger partial charge >= 0.3 is 6.18 Å². The molecule has 0 spiro atoms. The van der Waals surface area contributed by atoms with Gasteiger partial charge in [0.25, 0.3) is 0 Å². The number of halogens is 3. The summed E-state index contributed by atoms with van der Waals surface area (Å²) in [6, 6.07) is 4.36. The summed E-state index contributed by atoms with van der Waals surface area (Å²) in [4.78, 5) is 0. The lowest BCUT2D eigenvalue weighted by atomic mass is 10.1. The number of nitrogens with zero attached hydrogens (tertiary/aromatic N) is 1. The standard InChI is InChI=1S/C15H19F3N2/c1-10(2)20-9-11(5-4-8-19)12-6-3-7-13(14(12)20)15(16,17)18/h3,6-7,9-10H,4-5,8,19H2,1-2H3. The quantitative estimate of drug-likeness (QED) is 0.899. The summed E-state index contributed by atoms with van der Waals surface area (Å²) in [7, 11) is 0. The fraction of sp³-hybridized carbons (Fsp3) is 0.467. The second-order valence-corrected chi connectivity index (χ2v) is 5.25. The molecule has 1 aromatic carbocycles. The molecule has 1 heterocycles. The number of benzene rings is 1. The molecule has 2 aromatic rings. The molecule has 0 saturated heterocycles. The molecule has 0 radical (unpaired) electrons. The van der Waals surface area contributed by atoms with Crippen LogP contribution in [0.4, 0.5) is 13.2 Å². The number of fused-ring (bicyclic) bond motifs is 1. The van der Waals surface area contributed by atoms with Crippen LogP contribution in [-0.2, 0) is 12.6 Å². The van der Waals surface area contributed by atoms with E-state index < -0.39 is 11.7 Å². The van der Waals surface area contributed by atoms with Gasteiger partial charge in [0.2, 0.25) is 0 Å². The zero-order valence-corrected chi connectivity index (χ0v) is 11.7. The van der Waals surface area contributed by atoms with Crippen LogP contribution in [0, 0.1) is 0 Å². The van der Waals surface area contributed by atoms with Crippen LogP contribution in [0.25, 0.3) is 10.9 Å². The Morgan fingerprint density at radius 3 is 2.50 bits per heavy atom. The zero-order valence-electron chi connectivity index (χ0n) is 11.7. The number of rotatable bonds is 4. The van der Waals surface area contributed by atoms with E-state index in [0.29, 0.717) is 18.4 Å². The van der Waals surface area contributed by atoms with Crippen LogP contribution in [0.2, 0.25) is 0 Å². The van der Waals surface area contributed by atoms with Crippen molar-refractivity contribution in [2.24, 2.45) is 5.73 Å². The number of hydrogen-bond acceptors (Lipinski definition) is 1. The Kier molecular flexibility index (Phi) is 4.09. The number of aromatic nitrogens is 1. The Balaban J connectivity index is 2.69. The molecule has 0 aliphatic carbocycles. The monoisotopic (exact) mass is 284 g/mol. The molecule has 20 heavy (non-hydrogen) atoms. The van der Waals surface area contributed by atoms with Crippen molar-refractivity contribution in [1.29, 1.82) is 0 Å². The van der Waals surface area contributed by atoms with Crippen LogP contribution in [0.15, 0.2) is 24.4 Å². The Morgan fingerprint density at radius 1 is 1.25 bits per heavy atom. The van der Waals surface area contributed by atoms with E-state index in [4.69, 9.17) is 5.73 Å². The maximum atomic E-state index is 13.2. The fourth-order valence-corrected chi connectivity index (χ4v) is 2.51. The summed E-state index contributed by atoms with van der Waals surface area (Å²) in [6.07, 6.45) is -1.03. The van der Waals surface area contributed by atoms with Crippen molar-refractivity contribution in [1.82, 2.24) is 4.57 Å². The lowest BCUT2D eigenvalue weighted by Crippen LogP contribution is -2.09. The Bertz CT molecular complexity index is 597. The van der Waals surface area contributed by atoms with Gasteiger partial charge in [0.05, 0.1) is 11.1 Å². The zero-order chi connectivity index (χ0) is 14.9. The number of aryl methyl sites for hydroxylation is 1. The Morgan fingerprint density at radius 2 is 1.95 bits per heavy atom. The number of nitrogens with two attached hydrogens (primary N) is 1. The molecule has 110 valence electrons. The summed E-state index contributed by atoms with van der Waals surface area (Å²) in [5.41, 5.74) is 6.15. The maximum Gasteiger partial charge on any atom is 0.418 e. The molecule has 2 nitrogen and oxygen atoms in total. The maximum absolute atomic E-state index is 13.2. The first-order valence-corrected chi connectivity index (χ1v) is 6.76. The van der Waals surface area contributed by atoms with E-state index in [-0.39, 0.29) is 11.6 Å². The predicted octanol–water partition coefficient (Wildman–Crippen LogP) is 4.13. The van der Waals surface area contributed by atoms with Gasteiger partial charge in [-0.25, -0.2) is 0 Å². The van der Waals surface area contributed by atoms with Crippen LogP contribution in [-0.4, -0.2) is 11.1 Å². The second kappa shape index (κ2) is 5.48. The molecule has 0 amide bonds. The third-order valence-electron chi connectivity index (χ3n) is 3.45. The van der Waals surface area contributed by atoms with Gasteiger partial charge < -0.3 is 10.3 Å². The highest BCUT2D eigenvalue weighted by Gasteiger charge is 2.34. The summed E-state index contributed by atoms with van der Waals surface area (Å²) >= 11 is 0. The van der Waals surface area contributed by atoms with Gasteiger partial charge in [-0.1, -0.05) is 12.1 Å². The summed E-state index contributed by atoms with van der Waals surface area (Å²) < 4.78 is 41.3. The summed E-state index contributed by atoms with van der Waals surface area (Å²) in [6.45, 7) is 4.31. The van der Waals surface area contributed by atoms with Gasteiger partial charge in [0.15, 0.2) is 0 Å². The lowest BCUT2D eigenvalue weighted by Gasteiger charge is -2.14. The molecule has 0 fully saturated rings. The first-order valence-electron chi connectivity index (χ1n) is 6.76. The van der Waals surface area contributed by atoms with Crippen molar-refractivity contribution in [3.8, 4) is 0 Å². The number of hydrogen-bond donors (Lipinski definition) is 1. The van der Waals surface area contributed by atoms with Gasteiger partial charge in [0, 0.05) is 17.6 Å². The van der Waals surface area contributed by atoms with Crippen molar-refractivity contribution < 1.29 is 13.2 Å². The van der Waals surface area contributed by atoms with Gasteiger partial charge in [-0.2, -0.15) is 13.2 Å². The van der Waals surface area contributed by atoms with E-state index in [1.165, 1.54) is 6.07 Å². The SMILES string of the molecule is CC(C)n1cc(CCCN)c2cccc(C(F)(F)F)c21. The molecule has 2 rings (SSSR count). The van der Waals surface area contributed by atoms with Crippen molar-refractivity contribution in [3.63, 3.8) is 0 Å². The topological polar surface area (TPSA) is 30.9 Å². The smallest absolute Gasteiger partial charge is 0.344 e. The Labute approximate surface area is 116 Å². The van der Waals surface area contributed by atoms with Crippen molar-refractivity contribution >= 4 is 10.9 Å². The molecule has 0 unspecified atom stereocenters. The minimum Gasteiger partial charge on any atom is -0.344 e. The van der Waals surface area contributed by atoms with E-state index >= 15 is 0 Å². The first-order chi connectivity index (χ1) is 9.36. The lowest BCUT2D eigenvalue weighted by molar-refractivity contribution is -0.136. The predicted molar refractivity (Wildman–Crippen MR) is 74.7 cm³/mol. The first kappa shape index (κ1) is 14.9. The van der Waals surface area contributed by atoms with Gasteiger partial charge in [-0.15, -0.1) is 0 Å². The number of alkyl halides is 3. The summed E-state index contributed by atoms with van der Waals surface area (Å²) in [5, 5.41) is 0.682. The van der Waals surface area contributed by atoms with E-state index in [0.717, 1.165) is 18.1 Å². The average molecular weight is 284 g/mol. The van der Waals surface area contributed by atoms with Gasteiger partial charge in [-0.3, -0.25) is 0 Å². The highest BCUT2D eigenvalue weighted by Crippen LogP contribution is 2.37. The van der Waals surface area contributed by atoms with E-state index in [1.807, 2.05) is 20.0 Å². The molecule has 5 heteroatoms. The third kappa shape index (κ3) is 2.68. The molecule has 1 aromatic heterocycles. The van der Waals surface area contributed by atoms with Gasteiger partial charge in [-0.05, 0) is 44.9 Å². The molecular weight excluding hydrogens is 265 g/mol. The molecule has 0 aliphatic rings. The number of para-hydroxylation sites is 1. The van der Waals surface area contributed by atoms with Crippen LogP contribution in [0.5, 0.6) is 0 Å². The molecular formula is C15H19F3N2. The summed E-state index contributed by atoms with van der Waals surface area (Å²) in [5.74, 6) is 0. The van der Waals surface area contributed by atoms with E-state index in [2.05, 4.69) is 0 Å². The molecule has 0 aliphatic heterocycles. The van der Waals surface area contributed by atoms with Crippen molar-refractivity contribution in [2.75, 3.05) is 6.54 Å². The second-order valence-electron chi connectivity index (χ2n) is 5.25. The molecule has 0 bridgehead atoms. The van der Waals surface area contributed by atoms with E-state index in [1.54, 1.807) is 10.6 Å². The highest BCUT2D eigenvalue weighted by molar-refractivity contribution is 5.87. The Hall–Kier alpha value is -1.49. The molecule has 0 saturated carbocycles. The highest BCUT2D eigenvalue weighted by atomic mass is 19.4. The molecule has 2 N–H and O–H groups in total. The van der Waals surface area contributed by atoms with Crippen LogP contribution < -0.4 is 5.73 Å². The van der Waals surface area contributed by atoms with Crippen LogP contribution in [0.3, 0.4) is 0 Å². The van der Waals surface area contributed by atoms with Crippen LogP contribution >= 0.6 is 0 Å². The third-order valence-corrected chi connectivity index (χ3v) is 3.45. The van der Waals surface area contributed by atoms with E-state index in [9.17, 15) is 13.2 Å². The minimum absolute atomic E-state index is 0.0207. The van der Waals surface area contributed by atoms with Gasteiger partial charge in [0.1, 0.15) is 0 Å².